The molecule has 5 heteroatoms. The molecule has 0 saturated carbocycles. The SMILES string of the molecule is CCCC(CC)CCn1c(=O)c2cc(NCC)ccc2n(CC)c1=O.[HH]. The van der Waals surface area contributed by atoms with Crippen LogP contribution in [0.4, 0.5) is 5.69 Å². The second-order valence-corrected chi connectivity index (χ2v) is 6.60. The van der Waals surface area contributed by atoms with Gasteiger partial charge in [-0.05, 0) is 44.4 Å². The summed E-state index contributed by atoms with van der Waals surface area (Å²) in [6.07, 6.45) is 4.24. The molecule has 0 aliphatic carbocycles. The molecule has 2 aromatic rings. The molecular weight excluding hydrogens is 314 g/mol. The molecule has 0 amide bonds. The zero-order valence-electron chi connectivity index (χ0n) is 16.0. The van der Waals surface area contributed by atoms with E-state index in [9.17, 15) is 9.59 Å². The van der Waals surface area contributed by atoms with Crippen LogP contribution in [0.5, 0.6) is 0 Å². The largest absolute Gasteiger partial charge is 0.385 e. The Morgan fingerprint density at radius 1 is 1.08 bits per heavy atom. The molecule has 0 fully saturated rings. The van der Waals surface area contributed by atoms with E-state index >= 15 is 0 Å². The van der Waals surface area contributed by atoms with Crippen LogP contribution in [0.2, 0.25) is 0 Å². The maximum Gasteiger partial charge on any atom is 0.331 e. The minimum atomic E-state index is -0.192. The Kier molecular flexibility index (Phi) is 6.85. The Hall–Kier alpha value is -2.04. The summed E-state index contributed by atoms with van der Waals surface area (Å²) < 4.78 is 3.13. The van der Waals surface area contributed by atoms with Crippen LogP contribution < -0.4 is 16.6 Å². The number of anilines is 1. The van der Waals surface area contributed by atoms with Gasteiger partial charge in [0.1, 0.15) is 0 Å². The highest BCUT2D eigenvalue weighted by Crippen LogP contribution is 2.17. The van der Waals surface area contributed by atoms with Gasteiger partial charge in [0.15, 0.2) is 0 Å². The summed E-state index contributed by atoms with van der Waals surface area (Å²) in [5.74, 6) is 0.565. The van der Waals surface area contributed by atoms with Gasteiger partial charge in [0.05, 0.1) is 10.9 Å². The number of aromatic nitrogens is 2. The molecule has 1 aromatic heterocycles. The van der Waals surface area contributed by atoms with Gasteiger partial charge in [0, 0.05) is 26.7 Å². The van der Waals surface area contributed by atoms with Gasteiger partial charge in [-0.3, -0.25) is 13.9 Å². The van der Waals surface area contributed by atoms with E-state index in [-0.39, 0.29) is 12.7 Å². The Labute approximate surface area is 151 Å². The van der Waals surface area contributed by atoms with Crippen molar-refractivity contribution in [2.45, 2.75) is 66.5 Å². The second kappa shape index (κ2) is 8.88. The van der Waals surface area contributed by atoms with E-state index in [1.807, 2.05) is 32.0 Å². The van der Waals surface area contributed by atoms with Crippen LogP contribution in [0.1, 0.15) is 54.8 Å². The third-order valence-corrected chi connectivity index (χ3v) is 4.96. The van der Waals surface area contributed by atoms with Crippen molar-refractivity contribution in [2.75, 3.05) is 11.9 Å². The van der Waals surface area contributed by atoms with Crippen LogP contribution in [-0.4, -0.2) is 15.7 Å². The smallest absolute Gasteiger partial charge is 0.331 e. The van der Waals surface area contributed by atoms with Gasteiger partial charge in [-0.15, -0.1) is 0 Å². The lowest BCUT2D eigenvalue weighted by atomic mass is 9.97. The standard InChI is InChI=1S/C20H31N3O2.H2/c1-5-9-15(6-2)12-13-23-19(24)17-14-16(21-7-3)10-11-18(17)22(8-4)20(23)25;/h10-11,14-15,21H,5-9,12-13H2,1-4H3;1H. The minimum Gasteiger partial charge on any atom is -0.385 e. The highest BCUT2D eigenvalue weighted by molar-refractivity contribution is 5.82. The number of fused-ring (bicyclic) bond motifs is 1. The molecule has 0 aliphatic rings. The lowest BCUT2D eigenvalue weighted by Gasteiger charge is -2.17. The maximum absolute atomic E-state index is 13.0. The van der Waals surface area contributed by atoms with Crippen molar-refractivity contribution in [3.63, 3.8) is 0 Å². The molecule has 1 heterocycles. The molecule has 1 N–H and O–H groups in total. The van der Waals surface area contributed by atoms with E-state index < -0.39 is 0 Å². The highest BCUT2D eigenvalue weighted by atomic mass is 16.2. The molecule has 0 aliphatic heterocycles. The van der Waals surface area contributed by atoms with E-state index in [1.54, 1.807) is 4.57 Å². The molecule has 0 bridgehead atoms. The van der Waals surface area contributed by atoms with E-state index in [0.29, 0.717) is 24.4 Å². The number of nitrogens with one attached hydrogen (secondary N) is 1. The Bertz CT molecular complexity index is 826. The van der Waals surface area contributed by atoms with Gasteiger partial charge < -0.3 is 5.32 Å². The summed E-state index contributed by atoms with van der Waals surface area (Å²) in [4.78, 5) is 25.8. The minimum absolute atomic E-state index is 0. The van der Waals surface area contributed by atoms with Gasteiger partial charge in [0.2, 0.25) is 0 Å². The molecule has 1 unspecified atom stereocenters. The normalized spacial score (nSPS) is 12.5. The van der Waals surface area contributed by atoms with Gasteiger partial charge in [-0.25, -0.2) is 4.79 Å². The van der Waals surface area contributed by atoms with E-state index in [4.69, 9.17) is 0 Å². The van der Waals surface area contributed by atoms with Gasteiger partial charge >= 0.3 is 5.69 Å². The molecule has 0 radical (unpaired) electrons. The third kappa shape index (κ3) is 4.14. The Morgan fingerprint density at radius 2 is 1.84 bits per heavy atom. The second-order valence-electron chi connectivity index (χ2n) is 6.60. The summed E-state index contributed by atoms with van der Waals surface area (Å²) in [5.41, 5.74) is 1.27. The van der Waals surface area contributed by atoms with Crippen molar-refractivity contribution in [2.24, 2.45) is 5.92 Å². The monoisotopic (exact) mass is 347 g/mol. The number of benzene rings is 1. The van der Waals surface area contributed by atoms with E-state index in [0.717, 1.165) is 43.4 Å². The first-order chi connectivity index (χ1) is 12.1. The lowest BCUT2D eigenvalue weighted by molar-refractivity contribution is 0.392. The summed E-state index contributed by atoms with van der Waals surface area (Å²) in [5, 5.41) is 3.85. The molecule has 25 heavy (non-hydrogen) atoms. The molecular formula is C20H33N3O2. The Morgan fingerprint density at radius 3 is 2.44 bits per heavy atom. The number of hydrogen-bond donors (Lipinski definition) is 1. The number of nitrogens with zero attached hydrogens (tertiary/aromatic N) is 2. The summed E-state index contributed by atoms with van der Waals surface area (Å²) in [6, 6.07) is 5.66. The first-order valence-electron chi connectivity index (χ1n) is 9.58. The highest BCUT2D eigenvalue weighted by Gasteiger charge is 2.14. The van der Waals surface area contributed by atoms with Crippen molar-refractivity contribution >= 4 is 16.6 Å². The third-order valence-electron chi connectivity index (χ3n) is 4.96. The maximum atomic E-state index is 13.0. The van der Waals surface area contributed by atoms with Crippen molar-refractivity contribution in [3.05, 3.63) is 39.0 Å². The summed E-state index contributed by atoms with van der Waals surface area (Å²) in [7, 11) is 0. The van der Waals surface area contributed by atoms with Crippen molar-refractivity contribution in [1.29, 1.82) is 0 Å². The zero-order chi connectivity index (χ0) is 18.4. The quantitative estimate of drug-likeness (QED) is 0.744. The topological polar surface area (TPSA) is 56.0 Å². The zero-order valence-corrected chi connectivity index (χ0v) is 16.0. The first kappa shape index (κ1) is 19.3. The van der Waals surface area contributed by atoms with Crippen molar-refractivity contribution < 1.29 is 1.43 Å². The molecule has 0 spiro atoms. The fourth-order valence-electron chi connectivity index (χ4n) is 3.51. The predicted molar refractivity (Wildman–Crippen MR) is 108 cm³/mol. The van der Waals surface area contributed by atoms with Crippen LogP contribution >= 0.6 is 0 Å². The molecule has 1 atom stereocenters. The lowest BCUT2D eigenvalue weighted by Crippen LogP contribution is -2.40. The number of aryl methyl sites for hydroxylation is 1. The van der Waals surface area contributed by atoms with Crippen LogP contribution in [0.15, 0.2) is 27.8 Å². The average molecular weight is 348 g/mol. The van der Waals surface area contributed by atoms with Crippen molar-refractivity contribution in [3.8, 4) is 0 Å². The molecule has 0 saturated heterocycles. The van der Waals surface area contributed by atoms with Gasteiger partial charge in [0.25, 0.3) is 5.56 Å². The van der Waals surface area contributed by atoms with Crippen LogP contribution in [-0.2, 0) is 13.1 Å². The van der Waals surface area contributed by atoms with Crippen molar-refractivity contribution in [1.82, 2.24) is 9.13 Å². The van der Waals surface area contributed by atoms with E-state index in [2.05, 4.69) is 19.2 Å². The number of hydrogen-bond acceptors (Lipinski definition) is 3. The van der Waals surface area contributed by atoms with E-state index in [1.165, 1.54) is 4.57 Å². The summed E-state index contributed by atoms with van der Waals surface area (Å²) >= 11 is 0. The van der Waals surface area contributed by atoms with Crippen LogP contribution in [0.3, 0.4) is 0 Å². The van der Waals surface area contributed by atoms with Crippen LogP contribution in [0, 0.1) is 5.92 Å². The molecule has 5 nitrogen and oxygen atoms in total. The van der Waals surface area contributed by atoms with Gasteiger partial charge in [-0.2, -0.15) is 0 Å². The molecule has 140 valence electrons. The first-order valence-corrected chi connectivity index (χ1v) is 9.58. The number of rotatable bonds is 9. The average Bonchev–Trinajstić information content (AvgIpc) is 2.61. The molecule has 1 aromatic carbocycles. The fraction of sp³-hybridized carbons (Fsp3) is 0.600. The Balaban J connectivity index is 0.00000338. The fourth-order valence-corrected chi connectivity index (χ4v) is 3.51. The van der Waals surface area contributed by atoms with Gasteiger partial charge in [-0.1, -0.05) is 33.1 Å². The predicted octanol–water partition coefficient (Wildman–Crippen LogP) is 4.08. The summed E-state index contributed by atoms with van der Waals surface area (Å²) in [6.45, 7) is 10.2. The van der Waals surface area contributed by atoms with Crippen LogP contribution in [0.25, 0.3) is 10.9 Å². The molecule has 2 rings (SSSR count).